The van der Waals surface area contributed by atoms with Crippen molar-refractivity contribution in [3.05, 3.63) is 83.9 Å². The molecule has 3 aromatic carbocycles. The van der Waals surface area contributed by atoms with E-state index in [2.05, 4.69) is 83.0 Å². The Kier molecular flexibility index (Phi) is 6.58. The Morgan fingerprint density at radius 2 is 1.69 bits per heavy atom. The summed E-state index contributed by atoms with van der Waals surface area (Å²) in [6.45, 7) is 4.15. The molecule has 0 spiro atoms. The summed E-state index contributed by atoms with van der Waals surface area (Å²) in [4.78, 5) is 14.8. The molecule has 1 saturated heterocycles. The number of nitrogens with zero attached hydrogens (tertiary/aromatic N) is 1. The van der Waals surface area contributed by atoms with Crippen LogP contribution in [0.4, 0.5) is 0 Å². The van der Waals surface area contributed by atoms with Gasteiger partial charge in [0.25, 0.3) is 0 Å². The van der Waals surface area contributed by atoms with Gasteiger partial charge in [-0.05, 0) is 53.6 Å². The number of fused-ring (bicyclic) bond motifs is 1. The summed E-state index contributed by atoms with van der Waals surface area (Å²) in [6.07, 6.45) is 3.64. The second-order valence-electron chi connectivity index (χ2n) is 8.18. The molecule has 1 fully saturated rings. The molecule has 4 rings (SSSR count). The molecule has 1 aliphatic heterocycles. The van der Waals surface area contributed by atoms with E-state index in [1.54, 1.807) is 0 Å². The first kappa shape index (κ1) is 19.7. The molecule has 29 heavy (non-hydrogen) atoms. The topological polar surface area (TPSA) is 32.3 Å². The zero-order valence-corrected chi connectivity index (χ0v) is 17.0. The summed E-state index contributed by atoms with van der Waals surface area (Å²) in [5.41, 5.74) is 2.63. The van der Waals surface area contributed by atoms with Gasteiger partial charge in [0.2, 0.25) is 5.91 Å². The van der Waals surface area contributed by atoms with Crippen molar-refractivity contribution in [2.24, 2.45) is 5.92 Å². The van der Waals surface area contributed by atoms with E-state index < -0.39 is 0 Å². The molecule has 0 bridgehead atoms. The third-order valence-corrected chi connectivity index (χ3v) is 5.97. The van der Waals surface area contributed by atoms with Crippen molar-refractivity contribution < 1.29 is 4.79 Å². The fourth-order valence-electron chi connectivity index (χ4n) is 4.21. The zero-order valence-electron chi connectivity index (χ0n) is 17.0. The van der Waals surface area contributed by atoms with Crippen molar-refractivity contribution in [3.8, 4) is 0 Å². The van der Waals surface area contributed by atoms with Crippen molar-refractivity contribution in [2.75, 3.05) is 26.2 Å². The average molecular weight is 387 g/mol. The van der Waals surface area contributed by atoms with Crippen LogP contribution >= 0.6 is 0 Å². The van der Waals surface area contributed by atoms with E-state index >= 15 is 0 Å². The number of carbonyl (C=O) groups is 1. The van der Waals surface area contributed by atoms with Crippen molar-refractivity contribution in [1.82, 2.24) is 10.2 Å². The molecular weight excluding hydrogens is 356 g/mol. The van der Waals surface area contributed by atoms with Gasteiger partial charge in [-0.25, -0.2) is 0 Å². The largest absolute Gasteiger partial charge is 0.356 e. The quantitative estimate of drug-likeness (QED) is 0.620. The third kappa shape index (κ3) is 5.68. The first-order chi connectivity index (χ1) is 14.3. The molecule has 3 heteroatoms. The van der Waals surface area contributed by atoms with Crippen molar-refractivity contribution in [3.63, 3.8) is 0 Å². The molecule has 0 saturated carbocycles. The molecule has 1 amide bonds. The smallest absolute Gasteiger partial charge is 0.220 e. The summed E-state index contributed by atoms with van der Waals surface area (Å²) in [7, 11) is 0. The Balaban J connectivity index is 1.16. The molecule has 3 nitrogen and oxygen atoms in total. The molecular formula is C26H30N2O. The maximum absolute atomic E-state index is 12.3. The molecule has 1 aliphatic rings. The molecule has 1 atom stereocenters. The van der Waals surface area contributed by atoms with Gasteiger partial charge in [-0.2, -0.15) is 0 Å². The van der Waals surface area contributed by atoms with Crippen molar-refractivity contribution >= 4 is 16.7 Å². The minimum absolute atomic E-state index is 0.167. The molecule has 0 aromatic heterocycles. The minimum Gasteiger partial charge on any atom is -0.356 e. The fraction of sp³-hybridized carbons (Fsp3) is 0.346. The van der Waals surface area contributed by atoms with Gasteiger partial charge >= 0.3 is 0 Å². The fourth-order valence-corrected chi connectivity index (χ4v) is 4.21. The monoisotopic (exact) mass is 386 g/mol. The third-order valence-electron chi connectivity index (χ3n) is 5.97. The Morgan fingerprint density at radius 3 is 2.55 bits per heavy atom. The first-order valence-corrected chi connectivity index (χ1v) is 10.8. The number of nitrogens with one attached hydrogen (secondary N) is 1. The normalized spacial score (nSPS) is 16.9. The van der Waals surface area contributed by atoms with Gasteiger partial charge in [0.05, 0.1) is 0 Å². The van der Waals surface area contributed by atoms with Gasteiger partial charge in [0, 0.05) is 26.1 Å². The molecule has 1 N–H and O–H groups in total. The number of amides is 1. The lowest BCUT2D eigenvalue weighted by atomic mass is 10.0. The zero-order chi connectivity index (χ0) is 19.9. The highest BCUT2D eigenvalue weighted by Gasteiger charge is 2.22. The number of carbonyl (C=O) groups excluding carboxylic acids is 1. The molecule has 150 valence electrons. The number of aryl methyl sites for hydroxylation is 1. The standard InChI is InChI=1S/C26H30N2O/c29-26(13-11-22-10-12-24-8-4-5-9-25(24)18-22)27-19-23-15-17-28(20-23)16-14-21-6-2-1-3-7-21/h1-10,12,18,23H,11,13-17,19-20H2,(H,27,29). The maximum atomic E-state index is 12.3. The van der Waals surface area contributed by atoms with Gasteiger partial charge in [0.15, 0.2) is 0 Å². The highest BCUT2D eigenvalue weighted by molar-refractivity contribution is 5.83. The predicted molar refractivity (Wildman–Crippen MR) is 120 cm³/mol. The minimum atomic E-state index is 0.167. The van der Waals surface area contributed by atoms with Gasteiger partial charge in [-0.15, -0.1) is 0 Å². The van der Waals surface area contributed by atoms with Crippen LogP contribution in [0.1, 0.15) is 24.0 Å². The maximum Gasteiger partial charge on any atom is 0.220 e. The second-order valence-corrected chi connectivity index (χ2v) is 8.18. The van der Waals surface area contributed by atoms with E-state index in [9.17, 15) is 4.79 Å². The molecule has 3 aromatic rings. The van der Waals surface area contributed by atoms with Crippen LogP contribution in [0.15, 0.2) is 72.8 Å². The summed E-state index contributed by atoms with van der Waals surface area (Å²) < 4.78 is 0. The van der Waals surface area contributed by atoms with Crippen LogP contribution in [0.5, 0.6) is 0 Å². The van der Waals surface area contributed by atoms with Crippen LogP contribution in [0, 0.1) is 5.92 Å². The van der Waals surface area contributed by atoms with E-state index in [0.29, 0.717) is 12.3 Å². The van der Waals surface area contributed by atoms with Crippen LogP contribution in [0.25, 0.3) is 10.8 Å². The SMILES string of the molecule is O=C(CCc1ccc2ccccc2c1)NCC1CCN(CCc2ccccc2)C1. The first-order valence-electron chi connectivity index (χ1n) is 10.8. The summed E-state index contributed by atoms with van der Waals surface area (Å²) >= 11 is 0. The van der Waals surface area contributed by atoms with E-state index in [0.717, 1.165) is 39.0 Å². The van der Waals surface area contributed by atoms with Gasteiger partial charge < -0.3 is 10.2 Å². The van der Waals surface area contributed by atoms with Gasteiger partial charge in [0.1, 0.15) is 0 Å². The number of rotatable bonds is 8. The van der Waals surface area contributed by atoms with E-state index in [4.69, 9.17) is 0 Å². The van der Waals surface area contributed by atoms with Crippen LogP contribution in [-0.4, -0.2) is 37.0 Å². The second kappa shape index (κ2) is 9.71. The van der Waals surface area contributed by atoms with Crippen LogP contribution in [-0.2, 0) is 17.6 Å². The number of hydrogen-bond acceptors (Lipinski definition) is 2. The summed E-state index contributed by atoms with van der Waals surface area (Å²) in [5, 5.41) is 5.65. The van der Waals surface area contributed by atoms with Crippen LogP contribution in [0.2, 0.25) is 0 Å². The Labute approximate surface area is 173 Å². The Bertz CT molecular complexity index is 938. The van der Waals surface area contributed by atoms with E-state index in [1.807, 2.05) is 0 Å². The van der Waals surface area contributed by atoms with Crippen LogP contribution in [0.3, 0.4) is 0 Å². The van der Waals surface area contributed by atoms with Gasteiger partial charge in [-0.3, -0.25) is 4.79 Å². The van der Waals surface area contributed by atoms with Crippen molar-refractivity contribution in [1.29, 1.82) is 0 Å². The number of benzene rings is 3. The summed E-state index contributed by atoms with van der Waals surface area (Å²) in [6, 6.07) is 25.5. The highest BCUT2D eigenvalue weighted by atomic mass is 16.1. The lowest BCUT2D eigenvalue weighted by molar-refractivity contribution is -0.121. The Hall–Kier alpha value is -2.65. The Morgan fingerprint density at radius 1 is 0.897 bits per heavy atom. The lowest BCUT2D eigenvalue weighted by Gasteiger charge is -2.16. The molecule has 1 heterocycles. The van der Waals surface area contributed by atoms with Crippen LogP contribution < -0.4 is 5.32 Å². The van der Waals surface area contributed by atoms with Gasteiger partial charge in [-0.1, -0.05) is 72.8 Å². The summed E-state index contributed by atoms with van der Waals surface area (Å²) in [5.74, 6) is 0.747. The van der Waals surface area contributed by atoms with E-state index in [1.165, 1.54) is 28.3 Å². The predicted octanol–water partition coefficient (Wildman–Crippen LogP) is 4.45. The lowest BCUT2D eigenvalue weighted by Crippen LogP contribution is -2.31. The number of likely N-dealkylation sites (tertiary alicyclic amines) is 1. The molecule has 0 radical (unpaired) electrons. The molecule has 0 aliphatic carbocycles. The van der Waals surface area contributed by atoms with Crippen molar-refractivity contribution in [2.45, 2.75) is 25.7 Å². The number of hydrogen-bond donors (Lipinski definition) is 1. The average Bonchev–Trinajstić information content (AvgIpc) is 3.23. The molecule has 1 unspecified atom stereocenters. The van der Waals surface area contributed by atoms with E-state index in [-0.39, 0.29) is 5.91 Å². The highest BCUT2D eigenvalue weighted by Crippen LogP contribution is 2.18.